The van der Waals surface area contributed by atoms with Crippen LogP contribution in [0.4, 0.5) is 0 Å². The topological polar surface area (TPSA) is 43.0 Å². The Labute approximate surface area is 120 Å². The summed E-state index contributed by atoms with van der Waals surface area (Å²) < 4.78 is 7.97. The van der Waals surface area contributed by atoms with Crippen LogP contribution in [-0.2, 0) is 5.41 Å². The lowest BCUT2D eigenvalue weighted by Gasteiger charge is -2.27. The van der Waals surface area contributed by atoms with Crippen LogP contribution in [0.25, 0.3) is 0 Å². The molecule has 0 saturated carbocycles. The minimum atomic E-state index is 0.178. The number of aromatic nitrogens is 2. The molecule has 0 aromatic carbocycles. The molecule has 2 atom stereocenters. The molecule has 0 radical (unpaired) electrons. The van der Waals surface area contributed by atoms with Gasteiger partial charge in [0.15, 0.2) is 0 Å². The van der Waals surface area contributed by atoms with Gasteiger partial charge in [-0.15, -0.1) is 0 Å². The van der Waals surface area contributed by atoms with Crippen molar-refractivity contribution in [1.82, 2.24) is 14.9 Å². The summed E-state index contributed by atoms with van der Waals surface area (Å²) in [5.41, 5.74) is 2.74. The molecule has 4 heteroatoms. The monoisotopic (exact) mass is 273 g/mol. The molecule has 1 aliphatic heterocycles. The van der Waals surface area contributed by atoms with E-state index in [9.17, 15) is 0 Å². The largest absolute Gasteiger partial charge is 0.466 e. The number of imidazole rings is 1. The first kappa shape index (κ1) is 13.4. The van der Waals surface area contributed by atoms with Gasteiger partial charge in [-0.25, -0.2) is 4.98 Å². The summed E-state index contributed by atoms with van der Waals surface area (Å²) >= 11 is 0. The highest BCUT2D eigenvalue weighted by atomic mass is 16.3. The van der Waals surface area contributed by atoms with Crippen molar-refractivity contribution in [1.29, 1.82) is 0 Å². The van der Waals surface area contributed by atoms with Crippen LogP contribution in [0.5, 0.6) is 0 Å². The number of rotatable bonds is 3. The Kier molecular flexibility index (Phi) is 3.21. The number of hydrogen-bond donors (Lipinski definition) is 1. The van der Waals surface area contributed by atoms with Gasteiger partial charge in [-0.1, -0.05) is 6.92 Å². The quantitative estimate of drug-likeness (QED) is 0.935. The van der Waals surface area contributed by atoms with Crippen LogP contribution in [0.1, 0.15) is 49.1 Å². The highest BCUT2D eigenvalue weighted by molar-refractivity contribution is 5.27. The van der Waals surface area contributed by atoms with Gasteiger partial charge < -0.3 is 14.3 Å². The van der Waals surface area contributed by atoms with Gasteiger partial charge in [0.2, 0.25) is 0 Å². The van der Waals surface area contributed by atoms with Gasteiger partial charge in [0.25, 0.3) is 0 Å². The molecule has 108 valence electrons. The predicted octanol–water partition coefficient (Wildman–Crippen LogP) is 2.95. The second-order valence-electron chi connectivity index (χ2n) is 6.22. The first-order valence-electron chi connectivity index (χ1n) is 7.31. The lowest BCUT2D eigenvalue weighted by Crippen LogP contribution is -2.29. The molecular weight excluding hydrogens is 250 g/mol. The number of nitrogens with zero attached hydrogens (tertiary/aromatic N) is 2. The normalized spacial score (nSPS) is 24.2. The zero-order valence-corrected chi connectivity index (χ0v) is 12.7. The van der Waals surface area contributed by atoms with Crippen molar-refractivity contribution >= 4 is 0 Å². The maximum Gasteiger partial charge on any atom is 0.106 e. The van der Waals surface area contributed by atoms with E-state index in [0.717, 1.165) is 31.0 Å². The molecule has 2 aromatic rings. The summed E-state index contributed by atoms with van der Waals surface area (Å²) in [5, 5.41) is 3.46. The molecule has 3 rings (SSSR count). The van der Waals surface area contributed by atoms with Crippen molar-refractivity contribution in [3.8, 4) is 0 Å². The highest BCUT2D eigenvalue weighted by Crippen LogP contribution is 2.34. The number of aryl methyl sites for hydroxylation is 2. The van der Waals surface area contributed by atoms with Crippen LogP contribution in [0.15, 0.2) is 23.0 Å². The van der Waals surface area contributed by atoms with Crippen molar-refractivity contribution in [3.63, 3.8) is 0 Å². The van der Waals surface area contributed by atoms with Crippen LogP contribution < -0.4 is 5.32 Å². The third-order valence-electron chi connectivity index (χ3n) is 4.60. The third-order valence-corrected chi connectivity index (χ3v) is 4.60. The minimum absolute atomic E-state index is 0.178. The number of hydrogen-bond acceptors (Lipinski definition) is 3. The van der Waals surface area contributed by atoms with E-state index in [4.69, 9.17) is 4.42 Å². The maximum atomic E-state index is 5.68. The van der Waals surface area contributed by atoms with Crippen LogP contribution in [-0.4, -0.2) is 22.6 Å². The van der Waals surface area contributed by atoms with E-state index in [-0.39, 0.29) is 11.5 Å². The molecule has 1 fully saturated rings. The Bertz CT molecular complexity index is 605. The summed E-state index contributed by atoms with van der Waals surface area (Å²) in [6.45, 7) is 10.7. The summed E-state index contributed by atoms with van der Waals surface area (Å²) in [6, 6.07) is 2.39. The van der Waals surface area contributed by atoms with E-state index in [1.807, 2.05) is 26.4 Å². The van der Waals surface area contributed by atoms with Gasteiger partial charge >= 0.3 is 0 Å². The van der Waals surface area contributed by atoms with Gasteiger partial charge in [0.05, 0.1) is 12.4 Å². The predicted molar refractivity (Wildman–Crippen MR) is 79.1 cm³/mol. The van der Waals surface area contributed by atoms with E-state index >= 15 is 0 Å². The molecule has 2 aromatic heterocycles. The van der Waals surface area contributed by atoms with Gasteiger partial charge in [-0.3, -0.25) is 0 Å². The van der Waals surface area contributed by atoms with Gasteiger partial charge in [0, 0.05) is 29.4 Å². The zero-order valence-electron chi connectivity index (χ0n) is 12.7. The van der Waals surface area contributed by atoms with Crippen molar-refractivity contribution < 1.29 is 4.42 Å². The van der Waals surface area contributed by atoms with Crippen molar-refractivity contribution in [2.24, 2.45) is 0 Å². The first-order chi connectivity index (χ1) is 9.51. The molecule has 1 aliphatic rings. The van der Waals surface area contributed by atoms with Crippen molar-refractivity contribution in [3.05, 3.63) is 41.4 Å². The molecule has 1 N–H and O–H groups in total. The molecule has 0 amide bonds. The van der Waals surface area contributed by atoms with Crippen molar-refractivity contribution in [2.45, 2.75) is 45.6 Å². The average Bonchev–Trinajstić information content (AvgIpc) is 3.08. The third kappa shape index (κ3) is 2.08. The SMILES string of the molecule is Cc1cc(C(C)n2cncc2C2(C)CCNC2)c(C)o1. The lowest BCUT2D eigenvalue weighted by atomic mass is 9.86. The molecule has 3 heterocycles. The molecule has 0 aliphatic carbocycles. The molecule has 0 spiro atoms. The van der Waals surface area contributed by atoms with E-state index in [1.165, 1.54) is 11.3 Å². The van der Waals surface area contributed by atoms with Crippen LogP contribution in [0.3, 0.4) is 0 Å². The summed E-state index contributed by atoms with van der Waals surface area (Å²) in [7, 11) is 0. The second kappa shape index (κ2) is 4.77. The Morgan fingerprint density at radius 1 is 1.45 bits per heavy atom. The Hall–Kier alpha value is -1.55. The molecular formula is C16H23N3O. The van der Waals surface area contributed by atoms with E-state index in [0.29, 0.717) is 0 Å². The fraction of sp³-hybridized carbons (Fsp3) is 0.562. The second-order valence-corrected chi connectivity index (χ2v) is 6.22. The molecule has 20 heavy (non-hydrogen) atoms. The molecule has 1 saturated heterocycles. The molecule has 0 bridgehead atoms. The van der Waals surface area contributed by atoms with Gasteiger partial charge in [-0.2, -0.15) is 0 Å². The molecule has 2 unspecified atom stereocenters. The first-order valence-corrected chi connectivity index (χ1v) is 7.31. The Morgan fingerprint density at radius 2 is 2.25 bits per heavy atom. The fourth-order valence-electron chi connectivity index (χ4n) is 3.33. The smallest absolute Gasteiger partial charge is 0.106 e. The van der Waals surface area contributed by atoms with Crippen LogP contribution in [0.2, 0.25) is 0 Å². The standard InChI is InChI=1S/C16H23N3O/c1-11-7-14(13(3)20-11)12(2)19-10-18-8-15(19)16(4)5-6-17-9-16/h7-8,10,12,17H,5-6,9H2,1-4H3. The number of furan rings is 1. The maximum absolute atomic E-state index is 5.68. The van der Waals surface area contributed by atoms with E-state index in [1.54, 1.807) is 0 Å². The summed E-state index contributed by atoms with van der Waals surface area (Å²) in [5.74, 6) is 1.98. The summed E-state index contributed by atoms with van der Waals surface area (Å²) in [6.07, 6.45) is 5.13. The Morgan fingerprint density at radius 3 is 2.85 bits per heavy atom. The minimum Gasteiger partial charge on any atom is -0.466 e. The average molecular weight is 273 g/mol. The van der Waals surface area contributed by atoms with Crippen LogP contribution in [0, 0.1) is 13.8 Å². The van der Waals surface area contributed by atoms with E-state index < -0.39 is 0 Å². The Balaban J connectivity index is 1.99. The zero-order chi connectivity index (χ0) is 14.3. The van der Waals surface area contributed by atoms with Crippen molar-refractivity contribution in [2.75, 3.05) is 13.1 Å². The van der Waals surface area contributed by atoms with Gasteiger partial charge in [0.1, 0.15) is 11.5 Å². The van der Waals surface area contributed by atoms with Crippen LogP contribution >= 0.6 is 0 Å². The fourth-order valence-corrected chi connectivity index (χ4v) is 3.33. The number of nitrogens with one attached hydrogen (secondary N) is 1. The lowest BCUT2D eigenvalue weighted by molar-refractivity contribution is 0.453. The van der Waals surface area contributed by atoms with Gasteiger partial charge in [-0.05, 0) is 39.8 Å². The highest BCUT2D eigenvalue weighted by Gasteiger charge is 2.34. The molecule has 4 nitrogen and oxygen atoms in total. The summed E-state index contributed by atoms with van der Waals surface area (Å²) in [4.78, 5) is 4.40. The van der Waals surface area contributed by atoms with E-state index in [2.05, 4.69) is 34.8 Å².